The summed E-state index contributed by atoms with van der Waals surface area (Å²) < 4.78 is 11.0. The van der Waals surface area contributed by atoms with E-state index in [2.05, 4.69) is 9.79 Å². The molecular weight excluding hydrogens is 246 g/mol. The number of hydrogen-bond donors (Lipinski definition) is 0. The van der Waals surface area contributed by atoms with Gasteiger partial charge in [0.15, 0.2) is 5.27 Å². The number of nitrogens with one attached hydrogen (secondary N) is 1. The van der Waals surface area contributed by atoms with Gasteiger partial charge in [-0.1, -0.05) is 30.3 Å². The lowest BCUT2D eigenvalue weighted by Crippen LogP contribution is -2.47. The molecule has 0 bridgehead atoms. The van der Waals surface area contributed by atoms with Gasteiger partial charge in [0.1, 0.15) is 5.88 Å². The molecule has 2 aromatic rings. The summed E-state index contributed by atoms with van der Waals surface area (Å²) in [5.41, 5.74) is 8.32. The number of carbonyl (C=O) groups is 1. The van der Waals surface area contributed by atoms with Gasteiger partial charge in [0, 0.05) is 6.42 Å². The van der Waals surface area contributed by atoms with Crippen molar-refractivity contribution in [1.29, 1.82) is 0 Å². The van der Waals surface area contributed by atoms with Gasteiger partial charge < -0.3 is 15.0 Å². The summed E-state index contributed by atoms with van der Waals surface area (Å²) in [6.07, 6.45) is 1.81. The van der Waals surface area contributed by atoms with Crippen molar-refractivity contribution in [2.75, 3.05) is 6.61 Å². The molecule has 1 atom stereocenters. The second kappa shape index (κ2) is 5.99. The normalized spacial score (nSPS) is 12.1. The Morgan fingerprint density at radius 1 is 1.47 bits per heavy atom. The maximum atomic E-state index is 12.0. The SMILES string of the molecule is CCOC(=O)C(Cc1ccccc1)[n+]1cc([NH-])on1. The Kier molecular flexibility index (Phi) is 4.12. The van der Waals surface area contributed by atoms with Crippen LogP contribution >= 0.6 is 0 Å². The predicted octanol–water partition coefficient (Wildman–Crippen LogP) is 1.99. The lowest BCUT2D eigenvalue weighted by Gasteiger charge is -2.07. The van der Waals surface area contributed by atoms with E-state index in [0.717, 1.165) is 5.56 Å². The number of hydrogen-bond acceptors (Lipinski definition) is 4. The monoisotopic (exact) mass is 261 g/mol. The van der Waals surface area contributed by atoms with Gasteiger partial charge >= 0.3 is 5.97 Å². The zero-order valence-electron chi connectivity index (χ0n) is 10.6. The fraction of sp³-hybridized carbons (Fsp3) is 0.308. The van der Waals surface area contributed by atoms with Crippen molar-refractivity contribution in [3.05, 3.63) is 47.8 Å². The molecule has 0 spiro atoms. The maximum Gasteiger partial charge on any atom is 0.378 e. The molecular formula is C13H15N3O3. The summed E-state index contributed by atoms with van der Waals surface area (Å²) in [6.45, 7) is 2.05. The first-order chi connectivity index (χ1) is 9.20. The molecule has 0 fully saturated rings. The highest BCUT2D eigenvalue weighted by Gasteiger charge is 2.32. The molecule has 0 saturated carbocycles. The molecule has 19 heavy (non-hydrogen) atoms. The molecule has 1 unspecified atom stereocenters. The highest BCUT2D eigenvalue weighted by atomic mass is 16.5. The van der Waals surface area contributed by atoms with Crippen LogP contribution in [-0.2, 0) is 16.0 Å². The van der Waals surface area contributed by atoms with Crippen molar-refractivity contribution in [1.82, 2.24) is 5.27 Å². The molecule has 100 valence electrons. The van der Waals surface area contributed by atoms with E-state index in [1.54, 1.807) is 6.92 Å². The number of ether oxygens (including phenoxy) is 1. The molecule has 2 rings (SSSR count). The standard InChI is InChI=1S/C13H15N3O3/c1-2-18-13(17)11(16-9-12(14)19-15-16)8-10-6-4-3-5-7-10/h3-7,9,11H,2,8H2,1H3,(H-,14,15). The zero-order valence-corrected chi connectivity index (χ0v) is 10.6. The molecule has 6 nitrogen and oxygen atoms in total. The number of nitrogens with zero attached hydrogens (tertiary/aromatic N) is 2. The zero-order chi connectivity index (χ0) is 13.7. The van der Waals surface area contributed by atoms with E-state index in [4.69, 9.17) is 10.5 Å². The second-order valence-corrected chi connectivity index (χ2v) is 4.00. The summed E-state index contributed by atoms with van der Waals surface area (Å²) in [4.78, 5) is 12.0. The van der Waals surface area contributed by atoms with E-state index in [-0.39, 0.29) is 11.9 Å². The number of esters is 1. The largest absolute Gasteiger partial charge is 0.660 e. The van der Waals surface area contributed by atoms with Crippen LogP contribution in [-0.4, -0.2) is 17.8 Å². The van der Waals surface area contributed by atoms with E-state index in [1.165, 1.54) is 10.9 Å². The van der Waals surface area contributed by atoms with Gasteiger partial charge in [-0.15, -0.1) is 0 Å². The number of carbonyl (C=O) groups excluding carboxylic acids is 1. The summed E-state index contributed by atoms with van der Waals surface area (Å²) in [7, 11) is 0. The predicted molar refractivity (Wildman–Crippen MR) is 66.5 cm³/mol. The minimum Gasteiger partial charge on any atom is -0.660 e. The van der Waals surface area contributed by atoms with Gasteiger partial charge in [-0.25, -0.2) is 4.79 Å². The lowest BCUT2D eigenvalue weighted by molar-refractivity contribution is -0.773. The minimum atomic E-state index is -0.620. The van der Waals surface area contributed by atoms with Crippen LogP contribution in [0.1, 0.15) is 18.5 Å². The molecule has 1 aromatic heterocycles. The van der Waals surface area contributed by atoms with E-state index >= 15 is 0 Å². The van der Waals surface area contributed by atoms with Crippen molar-refractivity contribution >= 4 is 11.9 Å². The Labute approximate surface area is 110 Å². The molecule has 1 heterocycles. The molecule has 0 aliphatic heterocycles. The quantitative estimate of drug-likeness (QED) is 0.609. The van der Waals surface area contributed by atoms with Crippen LogP contribution in [0.15, 0.2) is 41.1 Å². The first kappa shape index (κ1) is 13.1. The van der Waals surface area contributed by atoms with Gasteiger partial charge in [0.05, 0.1) is 6.61 Å². The Balaban J connectivity index is 2.22. The van der Waals surface area contributed by atoms with E-state index in [1.807, 2.05) is 30.3 Å². The topological polar surface area (TPSA) is 80.0 Å². The van der Waals surface area contributed by atoms with E-state index in [9.17, 15) is 4.79 Å². The first-order valence-electron chi connectivity index (χ1n) is 6.01. The average molecular weight is 261 g/mol. The van der Waals surface area contributed by atoms with Gasteiger partial charge in [-0.2, -0.15) is 0 Å². The summed E-state index contributed by atoms with van der Waals surface area (Å²) >= 11 is 0. The Bertz CT molecular complexity index is 539. The van der Waals surface area contributed by atoms with E-state index in [0.29, 0.717) is 13.0 Å². The van der Waals surface area contributed by atoms with Crippen LogP contribution in [0.2, 0.25) is 0 Å². The van der Waals surface area contributed by atoms with Gasteiger partial charge in [0.25, 0.3) is 6.04 Å². The Morgan fingerprint density at radius 2 is 2.21 bits per heavy atom. The van der Waals surface area contributed by atoms with Crippen molar-refractivity contribution < 1.29 is 18.7 Å². The van der Waals surface area contributed by atoms with Crippen molar-refractivity contribution in [3.8, 4) is 0 Å². The number of rotatable bonds is 5. The third-order valence-electron chi connectivity index (χ3n) is 2.63. The lowest BCUT2D eigenvalue weighted by atomic mass is 10.1. The third kappa shape index (κ3) is 3.31. The Hall–Kier alpha value is -2.37. The fourth-order valence-electron chi connectivity index (χ4n) is 1.77. The Morgan fingerprint density at radius 3 is 2.79 bits per heavy atom. The number of benzene rings is 1. The molecule has 1 N–H and O–H groups in total. The van der Waals surface area contributed by atoms with Crippen LogP contribution in [0.25, 0.3) is 5.73 Å². The van der Waals surface area contributed by atoms with Crippen LogP contribution in [0.5, 0.6) is 0 Å². The van der Waals surface area contributed by atoms with Crippen LogP contribution in [0.3, 0.4) is 0 Å². The molecule has 6 heteroatoms. The van der Waals surface area contributed by atoms with Gasteiger partial charge in [0.2, 0.25) is 6.20 Å². The van der Waals surface area contributed by atoms with Crippen LogP contribution in [0.4, 0.5) is 5.88 Å². The van der Waals surface area contributed by atoms with Crippen molar-refractivity contribution in [2.45, 2.75) is 19.4 Å². The van der Waals surface area contributed by atoms with Gasteiger partial charge in [-0.05, 0) is 17.2 Å². The molecule has 0 saturated heterocycles. The molecule has 0 radical (unpaired) electrons. The van der Waals surface area contributed by atoms with Crippen molar-refractivity contribution in [2.24, 2.45) is 0 Å². The van der Waals surface area contributed by atoms with Crippen LogP contribution in [0, 0.1) is 0 Å². The third-order valence-corrected chi connectivity index (χ3v) is 2.63. The highest BCUT2D eigenvalue weighted by Crippen LogP contribution is 2.12. The summed E-state index contributed by atoms with van der Waals surface area (Å²) in [5.74, 6) is -0.480. The maximum absolute atomic E-state index is 12.0. The van der Waals surface area contributed by atoms with E-state index < -0.39 is 6.04 Å². The molecule has 0 amide bonds. The molecule has 1 aromatic carbocycles. The number of aromatic nitrogens is 2. The second-order valence-electron chi connectivity index (χ2n) is 4.00. The minimum absolute atomic E-state index is 0.0950. The van der Waals surface area contributed by atoms with Crippen molar-refractivity contribution in [3.63, 3.8) is 0 Å². The summed E-state index contributed by atoms with van der Waals surface area (Å²) in [6, 6.07) is 8.95. The molecule has 0 aliphatic carbocycles. The smallest absolute Gasteiger partial charge is 0.378 e. The average Bonchev–Trinajstić information content (AvgIpc) is 2.84. The molecule has 0 aliphatic rings. The fourth-order valence-corrected chi connectivity index (χ4v) is 1.77. The first-order valence-corrected chi connectivity index (χ1v) is 6.01. The highest BCUT2D eigenvalue weighted by molar-refractivity contribution is 5.72. The van der Waals surface area contributed by atoms with Crippen LogP contribution < -0.4 is 4.68 Å². The summed E-state index contributed by atoms with van der Waals surface area (Å²) in [5, 5.41) is 3.67. The van der Waals surface area contributed by atoms with Gasteiger partial charge in [-0.3, -0.25) is 0 Å².